The number of rotatable bonds is 4. The van der Waals surface area contributed by atoms with Crippen molar-refractivity contribution in [1.29, 1.82) is 5.26 Å². The van der Waals surface area contributed by atoms with Crippen molar-refractivity contribution in [3.8, 4) is 6.07 Å². The summed E-state index contributed by atoms with van der Waals surface area (Å²) in [6.07, 6.45) is 3.85. The molecular formula is C14H17N3O3S. The minimum Gasteiger partial charge on any atom is -0.300 e. The van der Waals surface area contributed by atoms with Crippen molar-refractivity contribution in [2.75, 3.05) is 6.54 Å². The van der Waals surface area contributed by atoms with Crippen LogP contribution in [0, 0.1) is 11.3 Å². The fraction of sp³-hybridized carbons (Fsp3) is 0.500. The molecular weight excluding hydrogens is 290 g/mol. The van der Waals surface area contributed by atoms with E-state index in [0.717, 1.165) is 12.8 Å². The number of ketones is 1. The lowest BCUT2D eigenvalue weighted by Crippen LogP contribution is -2.44. The predicted molar refractivity (Wildman–Crippen MR) is 75.8 cm³/mol. The highest BCUT2D eigenvalue weighted by Gasteiger charge is 2.34. The number of aromatic nitrogens is 1. The van der Waals surface area contributed by atoms with E-state index < -0.39 is 10.0 Å². The van der Waals surface area contributed by atoms with Crippen LogP contribution >= 0.6 is 0 Å². The summed E-state index contributed by atoms with van der Waals surface area (Å²) in [7, 11) is -3.67. The molecule has 21 heavy (non-hydrogen) atoms. The summed E-state index contributed by atoms with van der Waals surface area (Å²) in [6.45, 7) is 1.89. The van der Waals surface area contributed by atoms with Gasteiger partial charge in [0, 0.05) is 25.2 Å². The van der Waals surface area contributed by atoms with Gasteiger partial charge in [-0.25, -0.2) is 13.4 Å². The van der Waals surface area contributed by atoms with Crippen molar-refractivity contribution < 1.29 is 13.2 Å². The third-order valence-corrected chi connectivity index (χ3v) is 5.49. The Kier molecular flexibility index (Phi) is 4.70. The monoisotopic (exact) mass is 307 g/mol. The van der Waals surface area contributed by atoms with Crippen LogP contribution in [0.2, 0.25) is 0 Å². The Morgan fingerprint density at radius 1 is 1.48 bits per heavy atom. The van der Waals surface area contributed by atoms with Gasteiger partial charge in [-0.05, 0) is 31.9 Å². The molecule has 112 valence electrons. The second-order valence-electron chi connectivity index (χ2n) is 5.16. The second kappa shape index (κ2) is 6.33. The Balaban J connectivity index is 2.31. The lowest BCUT2D eigenvalue weighted by atomic mass is 10.0. The minimum absolute atomic E-state index is 0.0138. The summed E-state index contributed by atoms with van der Waals surface area (Å²) in [5.74, 6) is -0.0138. The molecule has 0 spiro atoms. The van der Waals surface area contributed by atoms with E-state index in [4.69, 9.17) is 5.26 Å². The van der Waals surface area contributed by atoms with Gasteiger partial charge < -0.3 is 0 Å². The molecule has 2 rings (SSSR count). The molecule has 2 heterocycles. The number of hydrogen-bond donors (Lipinski definition) is 0. The standard InChI is InChI=1S/C14H17N3O3S/c1-11(18)8-13-4-2-3-7-17(13)21(19,20)14-6-5-12(9-15)16-10-14/h5-6,10,13H,2-4,7-8H2,1H3. The predicted octanol–water partition coefficient (Wildman–Crippen LogP) is 1.48. The number of piperidine rings is 1. The van der Waals surface area contributed by atoms with Gasteiger partial charge in [0.1, 0.15) is 22.4 Å². The normalized spacial score (nSPS) is 19.9. The number of pyridine rings is 1. The van der Waals surface area contributed by atoms with Crippen molar-refractivity contribution in [1.82, 2.24) is 9.29 Å². The molecule has 1 fully saturated rings. The number of hydrogen-bond acceptors (Lipinski definition) is 5. The number of carbonyl (C=O) groups excluding carboxylic acids is 1. The third kappa shape index (κ3) is 3.46. The Bertz CT molecular complexity index is 662. The van der Waals surface area contributed by atoms with Gasteiger partial charge in [0.2, 0.25) is 10.0 Å². The van der Waals surface area contributed by atoms with Crippen molar-refractivity contribution in [2.45, 2.75) is 43.5 Å². The molecule has 0 aromatic carbocycles. The molecule has 0 saturated carbocycles. The van der Waals surface area contributed by atoms with Crippen molar-refractivity contribution in [2.24, 2.45) is 0 Å². The maximum Gasteiger partial charge on any atom is 0.244 e. The SMILES string of the molecule is CC(=O)CC1CCCCN1S(=O)(=O)c1ccc(C#N)nc1. The Morgan fingerprint density at radius 3 is 2.81 bits per heavy atom. The molecule has 1 unspecified atom stereocenters. The molecule has 1 aliphatic heterocycles. The van der Waals surface area contributed by atoms with Gasteiger partial charge in [0.05, 0.1) is 0 Å². The first-order valence-electron chi connectivity index (χ1n) is 6.82. The van der Waals surface area contributed by atoms with Crippen LogP contribution in [0.15, 0.2) is 23.2 Å². The Labute approximate surface area is 124 Å². The topological polar surface area (TPSA) is 91.1 Å². The first kappa shape index (κ1) is 15.6. The van der Waals surface area contributed by atoms with Crippen molar-refractivity contribution in [3.05, 3.63) is 24.0 Å². The van der Waals surface area contributed by atoms with Crippen LogP contribution in [0.3, 0.4) is 0 Å². The Hall–Kier alpha value is -1.78. The van der Waals surface area contributed by atoms with E-state index in [2.05, 4.69) is 4.98 Å². The Morgan fingerprint density at radius 2 is 2.24 bits per heavy atom. The van der Waals surface area contributed by atoms with Crippen LogP contribution in [0.4, 0.5) is 0 Å². The molecule has 0 amide bonds. The lowest BCUT2D eigenvalue weighted by molar-refractivity contribution is -0.118. The van der Waals surface area contributed by atoms with E-state index in [-0.39, 0.29) is 28.8 Å². The number of sulfonamides is 1. The first-order valence-corrected chi connectivity index (χ1v) is 8.26. The molecule has 7 heteroatoms. The summed E-state index contributed by atoms with van der Waals surface area (Å²) in [5.41, 5.74) is 0.174. The second-order valence-corrected chi connectivity index (χ2v) is 7.05. The van der Waals surface area contributed by atoms with E-state index in [9.17, 15) is 13.2 Å². The number of nitriles is 1. The quantitative estimate of drug-likeness (QED) is 0.840. The van der Waals surface area contributed by atoms with E-state index in [1.165, 1.54) is 29.6 Å². The van der Waals surface area contributed by atoms with Gasteiger partial charge in [-0.2, -0.15) is 9.57 Å². The maximum atomic E-state index is 12.7. The van der Waals surface area contributed by atoms with E-state index in [1.807, 2.05) is 6.07 Å². The van der Waals surface area contributed by atoms with Gasteiger partial charge in [-0.3, -0.25) is 4.79 Å². The van der Waals surface area contributed by atoms with Crippen molar-refractivity contribution in [3.63, 3.8) is 0 Å². The molecule has 1 aliphatic rings. The van der Waals surface area contributed by atoms with Crippen LogP contribution in [-0.2, 0) is 14.8 Å². The molecule has 0 radical (unpaired) electrons. The van der Waals surface area contributed by atoms with E-state index in [1.54, 1.807) is 0 Å². The largest absolute Gasteiger partial charge is 0.300 e. The zero-order valence-electron chi connectivity index (χ0n) is 11.8. The number of nitrogens with zero attached hydrogens (tertiary/aromatic N) is 3. The lowest BCUT2D eigenvalue weighted by Gasteiger charge is -2.34. The highest BCUT2D eigenvalue weighted by Crippen LogP contribution is 2.27. The third-order valence-electron chi connectivity index (χ3n) is 3.55. The van der Waals surface area contributed by atoms with Crippen LogP contribution < -0.4 is 0 Å². The fourth-order valence-corrected chi connectivity index (χ4v) is 4.20. The maximum absolute atomic E-state index is 12.7. The van der Waals surface area contributed by atoms with Crippen molar-refractivity contribution >= 4 is 15.8 Å². The summed E-state index contributed by atoms with van der Waals surface area (Å²) in [6, 6.07) is 4.35. The molecule has 1 atom stereocenters. The highest BCUT2D eigenvalue weighted by atomic mass is 32.2. The summed E-state index contributed by atoms with van der Waals surface area (Å²) < 4.78 is 26.7. The molecule has 0 bridgehead atoms. The molecule has 0 aliphatic carbocycles. The molecule has 0 N–H and O–H groups in total. The minimum atomic E-state index is -3.67. The smallest absolute Gasteiger partial charge is 0.244 e. The average Bonchev–Trinajstić information content (AvgIpc) is 2.47. The van der Waals surface area contributed by atoms with Crippen LogP contribution in [0.1, 0.15) is 38.3 Å². The summed E-state index contributed by atoms with van der Waals surface area (Å²) in [5, 5.41) is 8.71. The summed E-state index contributed by atoms with van der Waals surface area (Å²) in [4.78, 5) is 15.2. The van der Waals surface area contributed by atoms with Crippen LogP contribution in [0.5, 0.6) is 0 Å². The number of carbonyl (C=O) groups is 1. The molecule has 6 nitrogen and oxygen atoms in total. The van der Waals surface area contributed by atoms with E-state index >= 15 is 0 Å². The molecule has 1 aromatic heterocycles. The number of Topliss-reactive ketones (excluding diaryl/α,β-unsaturated/α-hetero) is 1. The van der Waals surface area contributed by atoms with Crippen LogP contribution in [-0.4, -0.2) is 36.1 Å². The highest BCUT2D eigenvalue weighted by molar-refractivity contribution is 7.89. The van der Waals surface area contributed by atoms with Gasteiger partial charge in [0.15, 0.2) is 0 Å². The average molecular weight is 307 g/mol. The van der Waals surface area contributed by atoms with Gasteiger partial charge >= 0.3 is 0 Å². The fourth-order valence-electron chi connectivity index (χ4n) is 2.56. The van der Waals surface area contributed by atoms with Gasteiger partial charge in [-0.1, -0.05) is 6.42 Å². The van der Waals surface area contributed by atoms with E-state index in [0.29, 0.717) is 13.0 Å². The zero-order chi connectivity index (χ0) is 15.5. The summed E-state index contributed by atoms with van der Waals surface area (Å²) >= 11 is 0. The first-order chi connectivity index (χ1) is 9.95. The van der Waals surface area contributed by atoms with Gasteiger partial charge in [0.25, 0.3) is 0 Å². The zero-order valence-corrected chi connectivity index (χ0v) is 12.6. The molecule has 1 aromatic rings. The van der Waals surface area contributed by atoms with Crippen LogP contribution in [0.25, 0.3) is 0 Å². The van der Waals surface area contributed by atoms with Gasteiger partial charge in [-0.15, -0.1) is 0 Å². The molecule has 1 saturated heterocycles.